The van der Waals surface area contributed by atoms with Gasteiger partial charge in [0.05, 0.1) is 5.69 Å². The maximum absolute atomic E-state index is 5.94. The van der Waals surface area contributed by atoms with Crippen LogP contribution in [0.3, 0.4) is 0 Å². The van der Waals surface area contributed by atoms with Crippen LogP contribution in [0.2, 0.25) is 0 Å². The molecule has 0 spiro atoms. The number of benzene rings is 2. The van der Waals surface area contributed by atoms with Crippen molar-refractivity contribution in [3.63, 3.8) is 0 Å². The third kappa shape index (κ3) is 5.41. The Kier molecular flexibility index (Phi) is 6.78. The average molecular weight is 298 g/mol. The Labute approximate surface area is 133 Å². The van der Waals surface area contributed by atoms with Crippen LogP contribution < -0.4 is 15.4 Å². The molecule has 0 heterocycles. The minimum absolute atomic E-state index is 0.561. The van der Waals surface area contributed by atoms with Crippen LogP contribution in [-0.4, -0.2) is 19.1 Å². The minimum Gasteiger partial charge on any atom is -0.487 e. The number of anilines is 1. The lowest BCUT2D eigenvalue weighted by Gasteiger charge is -2.15. The molecule has 0 radical (unpaired) electrons. The molecular formula is C19H26N2O. The van der Waals surface area contributed by atoms with Gasteiger partial charge in [0.2, 0.25) is 0 Å². The molecule has 0 saturated heterocycles. The first-order valence-electron chi connectivity index (χ1n) is 8.02. The second-order valence-corrected chi connectivity index (χ2v) is 5.46. The van der Waals surface area contributed by atoms with Crippen molar-refractivity contribution >= 4 is 5.69 Å². The standard InChI is InChI=1S/C19H26N2O/c1-3-16(2)20-13-14-21-18-11-7-8-12-19(18)22-15-17-9-5-4-6-10-17/h4-12,16,20-21H,3,13-15H2,1-2H3. The van der Waals surface area contributed by atoms with E-state index in [1.807, 2.05) is 36.4 Å². The zero-order valence-corrected chi connectivity index (χ0v) is 13.5. The average Bonchev–Trinajstić information content (AvgIpc) is 2.58. The lowest BCUT2D eigenvalue weighted by atomic mass is 10.2. The number of hydrogen-bond acceptors (Lipinski definition) is 3. The number of nitrogens with one attached hydrogen (secondary N) is 2. The molecule has 0 aliphatic heterocycles. The zero-order chi connectivity index (χ0) is 15.6. The van der Waals surface area contributed by atoms with Crippen molar-refractivity contribution in [3.8, 4) is 5.75 Å². The first-order chi connectivity index (χ1) is 10.8. The van der Waals surface area contributed by atoms with Crippen molar-refractivity contribution in [2.45, 2.75) is 32.9 Å². The Morgan fingerprint density at radius 2 is 1.68 bits per heavy atom. The van der Waals surface area contributed by atoms with Crippen LogP contribution in [-0.2, 0) is 6.61 Å². The number of hydrogen-bond donors (Lipinski definition) is 2. The normalized spacial score (nSPS) is 11.9. The molecule has 0 aliphatic rings. The second kappa shape index (κ2) is 9.11. The lowest BCUT2D eigenvalue weighted by molar-refractivity contribution is 0.307. The molecule has 3 nitrogen and oxygen atoms in total. The first-order valence-corrected chi connectivity index (χ1v) is 8.02. The highest BCUT2D eigenvalue weighted by atomic mass is 16.5. The summed E-state index contributed by atoms with van der Waals surface area (Å²) in [6.07, 6.45) is 1.15. The molecule has 2 N–H and O–H groups in total. The predicted octanol–water partition coefficient (Wildman–Crippen LogP) is 4.07. The van der Waals surface area contributed by atoms with Crippen LogP contribution in [0.4, 0.5) is 5.69 Å². The van der Waals surface area contributed by atoms with E-state index < -0.39 is 0 Å². The van der Waals surface area contributed by atoms with E-state index in [1.54, 1.807) is 0 Å². The molecule has 118 valence electrons. The lowest BCUT2D eigenvalue weighted by Crippen LogP contribution is -2.30. The molecule has 2 aromatic carbocycles. The largest absolute Gasteiger partial charge is 0.487 e. The van der Waals surface area contributed by atoms with Gasteiger partial charge in [0.25, 0.3) is 0 Å². The number of rotatable bonds is 9. The maximum atomic E-state index is 5.94. The smallest absolute Gasteiger partial charge is 0.142 e. The molecule has 1 atom stereocenters. The zero-order valence-electron chi connectivity index (χ0n) is 13.5. The van der Waals surface area contributed by atoms with Crippen LogP contribution >= 0.6 is 0 Å². The van der Waals surface area contributed by atoms with E-state index in [-0.39, 0.29) is 0 Å². The highest BCUT2D eigenvalue weighted by molar-refractivity contribution is 5.56. The summed E-state index contributed by atoms with van der Waals surface area (Å²) in [7, 11) is 0. The van der Waals surface area contributed by atoms with Gasteiger partial charge in [-0.1, -0.05) is 49.4 Å². The van der Waals surface area contributed by atoms with Crippen molar-refractivity contribution in [1.29, 1.82) is 0 Å². The van der Waals surface area contributed by atoms with Gasteiger partial charge in [-0.15, -0.1) is 0 Å². The van der Waals surface area contributed by atoms with Gasteiger partial charge in [-0.05, 0) is 31.0 Å². The van der Waals surface area contributed by atoms with Gasteiger partial charge in [0.15, 0.2) is 0 Å². The summed E-state index contributed by atoms with van der Waals surface area (Å²) < 4.78 is 5.94. The Bertz CT molecular complexity index is 542. The molecule has 2 rings (SSSR count). The summed E-state index contributed by atoms with van der Waals surface area (Å²) in [5.74, 6) is 0.898. The molecule has 0 aromatic heterocycles. The van der Waals surface area contributed by atoms with Crippen LogP contribution in [0.25, 0.3) is 0 Å². The van der Waals surface area contributed by atoms with E-state index >= 15 is 0 Å². The molecule has 3 heteroatoms. The SMILES string of the molecule is CCC(C)NCCNc1ccccc1OCc1ccccc1. The van der Waals surface area contributed by atoms with Crippen LogP contribution in [0.1, 0.15) is 25.8 Å². The van der Waals surface area contributed by atoms with Gasteiger partial charge in [-0.2, -0.15) is 0 Å². The van der Waals surface area contributed by atoms with Gasteiger partial charge >= 0.3 is 0 Å². The fourth-order valence-corrected chi connectivity index (χ4v) is 2.13. The van der Waals surface area contributed by atoms with Gasteiger partial charge < -0.3 is 15.4 Å². The summed E-state index contributed by atoms with van der Waals surface area (Å²) >= 11 is 0. The molecule has 0 fully saturated rings. The quantitative estimate of drug-likeness (QED) is 0.685. The summed E-state index contributed by atoms with van der Waals surface area (Å²) in [5, 5.41) is 6.92. The van der Waals surface area contributed by atoms with Crippen LogP contribution in [0.15, 0.2) is 54.6 Å². The molecule has 0 saturated carbocycles. The summed E-state index contributed by atoms with van der Waals surface area (Å²) in [6, 6.07) is 18.9. The van der Waals surface area contributed by atoms with E-state index in [2.05, 4.69) is 42.7 Å². The Morgan fingerprint density at radius 1 is 0.955 bits per heavy atom. The molecule has 1 unspecified atom stereocenters. The molecule has 22 heavy (non-hydrogen) atoms. The molecular weight excluding hydrogens is 272 g/mol. The predicted molar refractivity (Wildman–Crippen MR) is 93.5 cm³/mol. The van der Waals surface area contributed by atoms with Crippen molar-refractivity contribution in [3.05, 3.63) is 60.2 Å². The maximum Gasteiger partial charge on any atom is 0.142 e. The van der Waals surface area contributed by atoms with E-state index in [0.29, 0.717) is 12.6 Å². The number of ether oxygens (including phenoxy) is 1. The fraction of sp³-hybridized carbons (Fsp3) is 0.368. The Morgan fingerprint density at radius 3 is 2.45 bits per heavy atom. The summed E-state index contributed by atoms with van der Waals surface area (Å²) in [6.45, 7) is 6.82. The Balaban J connectivity index is 1.84. The highest BCUT2D eigenvalue weighted by Gasteiger charge is 2.03. The first kappa shape index (κ1) is 16.4. The van der Waals surface area contributed by atoms with E-state index in [4.69, 9.17) is 4.74 Å². The van der Waals surface area contributed by atoms with E-state index in [9.17, 15) is 0 Å². The number of para-hydroxylation sites is 2. The van der Waals surface area contributed by atoms with Crippen molar-refractivity contribution in [1.82, 2.24) is 5.32 Å². The highest BCUT2D eigenvalue weighted by Crippen LogP contribution is 2.24. The van der Waals surface area contributed by atoms with Crippen molar-refractivity contribution in [2.75, 3.05) is 18.4 Å². The van der Waals surface area contributed by atoms with Crippen LogP contribution in [0, 0.1) is 0 Å². The monoisotopic (exact) mass is 298 g/mol. The van der Waals surface area contributed by atoms with E-state index in [0.717, 1.165) is 30.9 Å². The molecule has 0 bridgehead atoms. The fourth-order valence-electron chi connectivity index (χ4n) is 2.13. The topological polar surface area (TPSA) is 33.3 Å². The van der Waals surface area contributed by atoms with Gasteiger partial charge in [0, 0.05) is 19.1 Å². The van der Waals surface area contributed by atoms with Gasteiger partial charge in [-0.3, -0.25) is 0 Å². The third-order valence-electron chi connectivity index (χ3n) is 3.67. The Hall–Kier alpha value is -2.00. The molecule has 0 aliphatic carbocycles. The summed E-state index contributed by atoms with van der Waals surface area (Å²) in [4.78, 5) is 0. The third-order valence-corrected chi connectivity index (χ3v) is 3.67. The second-order valence-electron chi connectivity index (χ2n) is 5.46. The van der Waals surface area contributed by atoms with Crippen molar-refractivity contribution in [2.24, 2.45) is 0 Å². The van der Waals surface area contributed by atoms with Crippen LogP contribution in [0.5, 0.6) is 5.75 Å². The van der Waals surface area contributed by atoms with Crippen molar-refractivity contribution < 1.29 is 4.74 Å². The molecule has 0 amide bonds. The van der Waals surface area contributed by atoms with E-state index in [1.165, 1.54) is 5.56 Å². The van der Waals surface area contributed by atoms with Gasteiger partial charge in [0.1, 0.15) is 12.4 Å². The van der Waals surface area contributed by atoms with Gasteiger partial charge in [-0.25, -0.2) is 0 Å². The minimum atomic E-state index is 0.561. The summed E-state index contributed by atoms with van der Waals surface area (Å²) in [5.41, 5.74) is 2.22. The molecule has 2 aromatic rings.